The number of rotatable bonds is 8. The molecule has 2 aliphatic rings. The minimum Gasteiger partial charge on any atom is -0.354 e. The van der Waals surface area contributed by atoms with Crippen LogP contribution in [0.1, 0.15) is 22.8 Å². The van der Waals surface area contributed by atoms with Gasteiger partial charge < -0.3 is 9.97 Å². The first-order chi connectivity index (χ1) is 36.9. The quantitative estimate of drug-likeness (QED) is 0.0689. The van der Waals surface area contributed by atoms with Gasteiger partial charge in [0.2, 0.25) is 69.3 Å². The van der Waals surface area contributed by atoms with Crippen LogP contribution in [-0.4, -0.2) is 105 Å². The van der Waals surface area contributed by atoms with E-state index in [9.17, 15) is 0 Å². The normalized spacial score (nSPS) is 13.0. The Kier molecular flexibility index (Phi) is 14.8. The number of fused-ring (bicyclic) bond motifs is 8. The molecule has 7 aromatic rings. The van der Waals surface area contributed by atoms with Crippen LogP contribution in [0.2, 0.25) is 0 Å². The van der Waals surface area contributed by atoms with Crippen LogP contribution in [0.4, 0.5) is 93.0 Å². The van der Waals surface area contributed by atoms with Gasteiger partial charge >= 0.3 is 0 Å². The molecule has 425 valence electrons. The Hall–Kier alpha value is -7.28. The van der Waals surface area contributed by atoms with Crippen LogP contribution in [0.15, 0.2) is 24.3 Å². The molecule has 1 radical (unpaired) electrons. The molecular weight excluding hydrogens is 1140 g/mol. The molecule has 8 nitrogen and oxygen atoms in total. The van der Waals surface area contributed by atoms with Crippen LogP contribution in [0.25, 0.3) is 90.9 Å². The third-order valence-corrected chi connectivity index (χ3v) is 13.4. The molecule has 9 rings (SSSR count). The summed E-state index contributed by atoms with van der Waals surface area (Å²) in [4.78, 5) is 13.8. The molecule has 5 heterocycles. The number of quaternary nitrogens is 4. The maximum Gasteiger partial charge on any atom is 0.223 e. The molecule has 0 unspecified atom stereocenters. The summed E-state index contributed by atoms with van der Waals surface area (Å²) in [5.41, 5.74) is -20.2. The number of aromatic nitrogens is 4. The van der Waals surface area contributed by atoms with Gasteiger partial charge in [0, 0.05) is 61.4 Å². The van der Waals surface area contributed by atoms with Crippen molar-refractivity contribution in [3.8, 4) is 44.5 Å². The van der Waals surface area contributed by atoms with Crippen molar-refractivity contribution in [2.75, 3.05) is 84.6 Å². The van der Waals surface area contributed by atoms with Gasteiger partial charge in [-0.15, -0.1) is 0 Å². The molecule has 0 saturated carbocycles. The van der Waals surface area contributed by atoms with Crippen LogP contribution >= 0.6 is 0 Å². The second-order valence-corrected chi connectivity index (χ2v) is 22.5. The van der Waals surface area contributed by atoms with Gasteiger partial charge in [-0.1, -0.05) is 0 Å². The second-order valence-electron chi connectivity index (χ2n) is 22.5. The third-order valence-electron chi connectivity index (χ3n) is 13.4. The first kappa shape index (κ1) is 59.8. The van der Waals surface area contributed by atoms with E-state index >= 15 is 70.2 Å². The summed E-state index contributed by atoms with van der Waals surface area (Å²) in [6, 6.07) is 3.57. The summed E-state index contributed by atoms with van der Waals surface area (Å²) in [6.07, 6.45) is 3.46. The molecule has 0 aliphatic carbocycles. The number of halogens is 16. The average Bonchev–Trinajstić information content (AvgIpc) is 4.22. The zero-order valence-corrected chi connectivity index (χ0v) is 45.9. The van der Waals surface area contributed by atoms with E-state index in [2.05, 4.69) is 19.9 Å². The summed E-state index contributed by atoms with van der Waals surface area (Å²) in [5.74, 6) is -32.1. The van der Waals surface area contributed by atoms with E-state index in [1.807, 2.05) is 0 Å². The maximum absolute atomic E-state index is 16.9. The van der Waals surface area contributed by atoms with E-state index < -0.39 is 223 Å². The third kappa shape index (κ3) is 9.40. The number of aromatic amines is 2. The van der Waals surface area contributed by atoms with E-state index in [1.54, 1.807) is 0 Å². The number of nitrogens with one attached hydrogen (secondary N) is 2. The molecular formula is C56H46F16MnN8+4. The molecule has 81 heavy (non-hydrogen) atoms. The Morgan fingerprint density at radius 3 is 0.531 bits per heavy atom. The predicted octanol–water partition coefficient (Wildman–Crippen LogP) is 14.3. The maximum atomic E-state index is 16.9. The number of benzene rings is 4. The summed E-state index contributed by atoms with van der Waals surface area (Å²) < 4.78 is 262. The van der Waals surface area contributed by atoms with Crippen LogP contribution < -0.4 is 17.9 Å². The van der Waals surface area contributed by atoms with Crippen LogP contribution in [-0.2, 0) is 17.1 Å². The Morgan fingerprint density at radius 2 is 0.395 bits per heavy atom. The van der Waals surface area contributed by atoms with Crippen LogP contribution in [0.3, 0.4) is 0 Å². The van der Waals surface area contributed by atoms with Gasteiger partial charge in [0.05, 0.1) is 130 Å². The molecule has 0 spiro atoms. The van der Waals surface area contributed by atoms with Crippen molar-refractivity contribution in [2.45, 2.75) is 0 Å². The van der Waals surface area contributed by atoms with Crippen molar-refractivity contribution < 1.29 is 87.3 Å². The predicted molar refractivity (Wildman–Crippen MR) is 278 cm³/mol. The van der Waals surface area contributed by atoms with E-state index in [-0.39, 0.29) is 17.1 Å². The zero-order valence-electron chi connectivity index (χ0n) is 44.7. The number of hydrogen-bond donors (Lipinski definition) is 2. The summed E-state index contributed by atoms with van der Waals surface area (Å²) in [6.45, 7) is 0. The molecule has 2 N–H and O–H groups in total. The zero-order chi connectivity index (χ0) is 59.3. The summed E-state index contributed by atoms with van der Waals surface area (Å²) >= 11 is 0. The van der Waals surface area contributed by atoms with Gasteiger partial charge in [0.25, 0.3) is 0 Å². The van der Waals surface area contributed by atoms with Crippen LogP contribution in [0.5, 0.6) is 0 Å². The molecule has 0 amide bonds. The first-order valence-electron chi connectivity index (χ1n) is 23.8. The molecule has 4 aromatic carbocycles. The van der Waals surface area contributed by atoms with E-state index in [4.69, 9.17) is 0 Å². The Balaban J connectivity index is 0.00000860. The van der Waals surface area contributed by atoms with Crippen LogP contribution in [0, 0.1) is 93.1 Å². The van der Waals surface area contributed by atoms with Gasteiger partial charge in [0.15, 0.2) is 46.5 Å². The summed E-state index contributed by atoms with van der Waals surface area (Å²) in [7, 11) is 14.1. The molecule has 0 saturated heterocycles. The van der Waals surface area contributed by atoms with E-state index in [0.717, 1.165) is 48.6 Å². The molecule has 0 atom stereocenters. The van der Waals surface area contributed by atoms with Gasteiger partial charge in [-0.2, -0.15) is 35.1 Å². The first-order valence-corrected chi connectivity index (χ1v) is 23.8. The minimum absolute atomic E-state index is 0. The fourth-order valence-corrected chi connectivity index (χ4v) is 9.97. The van der Waals surface area contributed by atoms with Crippen molar-refractivity contribution in [1.29, 1.82) is 0 Å². The van der Waals surface area contributed by atoms with E-state index in [1.165, 1.54) is 84.6 Å². The SMILES string of the molecule is C[N+](C)(C)c1c(F)c(F)c(-c2c3nc(c(-c4c(F)c(F)c([N+](C)(C)C)c(F)c4F)c4ccc([nH]4)c(-c4c(F)c(F)c([N+](C)(C)C)c(F)c4F)c4nc(c(-c5c(F)c(F)c([N+](C)(C)C)c(F)c5F)c5ccc2[nH]5)C=C4)C=C3)c(F)c1F.[Mn]. The largest absolute Gasteiger partial charge is 0.354 e. The second kappa shape index (κ2) is 20.0. The van der Waals surface area contributed by atoms with Crippen molar-refractivity contribution in [3.05, 3.63) is 140 Å². The van der Waals surface area contributed by atoms with Gasteiger partial charge in [0.1, 0.15) is 0 Å². The number of H-pyrrole nitrogens is 2. The number of nitrogens with zero attached hydrogens (tertiary/aromatic N) is 6. The van der Waals surface area contributed by atoms with Crippen molar-refractivity contribution in [2.24, 2.45) is 0 Å². The standard InChI is InChI=1S/C56H46F16N8.Mn/c1-77(2,3)53-45(65)37(57)33(38(58)46(53)66)29-21-13-15-23(73-21)30(34-39(59)47(67)54(78(4,5)6)48(68)40(34)60)25-17-19-27(75-25)32(36-43(63)51(71)56(80(10,11)12)52(72)44(36)64)28-20-18-26(76-28)31(24-16-14-22(29)74-24)35-41(61)49(69)55(79(7,8)9)50(70)42(35)62;/h13-20,73,76H,1-12H3;/q+4;. The van der Waals surface area contributed by atoms with Crippen molar-refractivity contribution in [3.63, 3.8) is 0 Å². The topological polar surface area (TPSA) is 57.4 Å². The monoisotopic (exact) mass is 1190 g/mol. The molecule has 2 aliphatic heterocycles. The fourth-order valence-electron chi connectivity index (χ4n) is 9.97. The Bertz CT molecular complexity index is 3500. The van der Waals surface area contributed by atoms with Crippen molar-refractivity contribution >= 4 is 69.1 Å². The molecule has 0 fully saturated rings. The minimum atomic E-state index is -2.07. The molecule has 3 aromatic heterocycles. The summed E-state index contributed by atoms with van der Waals surface area (Å²) in [5, 5.41) is 0. The van der Waals surface area contributed by atoms with E-state index in [0.29, 0.717) is 0 Å². The average molecular weight is 1190 g/mol. The number of hydrogen-bond acceptors (Lipinski definition) is 2. The van der Waals surface area contributed by atoms with Gasteiger partial charge in [-0.3, -0.25) is 17.9 Å². The van der Waals surface area contributed by atoms with Gasteiger partial charge in [-0.05, 0) is 48.6 Å². The van der Waals surface area contributed by atoms with Crippen molar-refractivity contribution in [1.82, 2.24) is 37.9 Å². The Morgan fingerprint density at radius 1 is 0.247 bits per heavy atom. The molecule has 25 heteroatoms. The van der Waals surface area contributed by atoms with Gasteiger partial charge in [-0.25, -0.2) is 45.1 Å². The smallest absolute Gasteiger partial charge is 0.223 e. The Labute approximate surface area is 462 Å². The fraction of sp³-hybridized carbons (Fsp3) is 0.214. The molecule has 8 bridgehead atoms.